The summed E-state index contributed by atoms with van der Waals surface area (Å²) in [6, 6.07) is 6.87. The van der Waals surface area contributed by atoms with Gasteiger partial charge in [-0.05, 0) is 31.0 Å². The minimum atomic E-state index is 0.670. The van der Waals surface area contributed by atoms with E-state index in [0.717, 1.165) is 16.8 Å². The molecule has 0 spiro atoms. The highest BCUT2D eigenvalue weighted by Gasteiger charge is 2.12. The lowest BCUT2D eigenvalue weighted by atomic mass is 9.96. The fraction of sp³-hybridized carbons (Fsp3) is 0.625. The Hall–Kier alpha value is -0.540. The standard InChI is InChI=1S/C16H24BrNO/c1-19-16-10-9-14(17)11-13(16)12-18-15-7-5-3-2-4-6-8-15/h9-11,15,18H,2-8,12H2,1H3. The molecule has 2 nitrogen and oxygen atoms in total. The molecular formula is C16H24BrNO. The van der Waals surface area contributed by atoms with E-state index < -0.39 is 0 Å². The van der Waals surface area contributed by atoms with Crippen LogP contribution >= 0.6 is 15.9 Å². The van der Waals surface area contributed by atoms with Crippen LogP contribution in [0.2, 0.25) is 0 Å². The molecular weight excluding hydrogens is 302 g/mol. The lowest BCUT2D eigenvalue weighted by molar-refractivity contribution is 0.378. The number of benzene rings is 1. The van der Waals surface area contributed by atoms with Crippen LogP contribution in [0.15, 0.2) is 22.7 Å². The van der Waals surface area contributed by atoms with E-state index in [0.29, 0.717) is 6.04 Å². The van der Waals surface area contributed by atoms with Gasteiger partial charge in [0.1, 0.15) is 5.75 Å². The van der Waals surface area contributed by atoms with Crippen LogP contribution in [0.3, 0.4) is 0 Å². The van der Waals surface area contributed by atoms with Crippen LogP contribution in [0.25, 0.3) is 0 Å². The molecule has 0 aromatic heterocycles. The number of ether oxygens (including phenoxy) is 1. The zero-order valence-electron chi connectivity index (χ0n) is 11.8. The molecule has 3 heteroatoms. The van der Waals surface area contributed by atoms with Gasteiger partial charge in [-0.25, -0.2) is 0 Å². The maximum Gasteiger partial charge on any atom is 0.123 e. The minimum Gasteiger partial charge on any atom is -0.496 e. The Labute approximate surface area is 125 Å². The highest BCUT2D eigenvalue weighted by Crippen LogP contribution is 2.24. The second-order valence-corrected chi connectivity index (χ2v) is 6.29. The molecule has 0 amide bonds. The fourth-order valence-corrected chi connectivity index (χ4v) is 3.21. The SMILES string of the molecule is COc1ccc(Br)cc1CNC1CCCCCCC1. The molecule has 2 rings (SSSR count). The van der Waals surface area contributed by atoms with Crippen molar-refractivity contribution in [2.24, 2.45) is 0 Å². The summed E-state index contributed by atoms with van der Waals surface area (Å²) in [7, 11) is 1.74. The summed E-state index contributed by atoms with van der Waals surface area (Å²) >= 11 is 3.53. The second-order valence-electron chi connectivity index (χ2n) is 5.38. The van der Waals surface area contributed by atoms with E-state index in [1.165, 1.54) is 50.5 Å². The number of rotatable bonds is 4. The summed E-state index contributed by atoms with van der Waals surface area (Å²) in [6.45, 7) is 0.896. The van der Waals surface area contributed by atoms with Crippen molar-refractivity contribution in [3.8, 4) is 5.75 Å². The van der Waals surface area contributed by atoms with Crippen molar-refractivity contribution in [1.82, 2.24) is 5.32 Å². The zero-order valence-corrected chi connectivity index (χ0v) is 13.3. The number of halogens is 1. The molecule has 0 bridgehead atoms. The van der Waals surface area contributed by atoms with Gasteiger partial charge >= 0.3 is 0 Å². The Balaban J connectivity index is 1.91. The zero-order chi connectivity index (χ0) is 13.5. The predicted molar refractivity (Wildman–Crippen MR) is 83.6 cm³/mol. The molecule has 0 atom stereocenters. The Morgan fingerprint density at radius 1 is 1.16 bits per heavy atom. The molecule has 19 heavy (non-hydrogen) atoms. The lowest BCUT2D eigenvalue weighted by Gasteiger charge is -2.21. The van der Waals surface area contributed by atoms with Gasteiger partial charge in [-0.2, -0.15) is 0 Å². The van der Waals surface area contributed by atoms with Crippen LogP contribution in [0.1, 0.15) is 50.5 Å². The maximum absolute atomic E-state index is 5.42. The third kappa shape index (κ3) is 4.81. The van der Waals surface area contributed by atoms with Gasteiger partial charge < -0.3 is 10.1 Å². The van der Waals surface area contributed by atoms with E-state index in [1.54, 1.807) is 7.11 Å². The molecule has 1 aromatic carbocycles. The van der Waals surface area contributed by atoms with Gasteiger partial charge in [0.05, 0.1) is 7.11 Å². The Morgan fingerprint density at radius 2 is 1.84 bits per heavy atom. The first-order valence-corrected chi connectivity index (χ1v) is 8.14. The fourth-order valence-electron chi connectivity index (χ4n) is 2.80. The van der Waals surface area contributed by atoms with E-state index in [4.69, 9.17) is 4.74 Å². The molecule has 1 fully saturated rings. The van der Waals surface area contributed by atoms with Crippen LogP contribution in [0, 0.1) is 0 Å². The van der Waals surface area contributed by atoms with Crippen LogP contribution in [0.4, 0.5) is 0 Å². The molecule has 0 heterocycles. The molecule has 106 valence electrons. The first kappa shape index (κ1) is 14.9. The normalized spacial score (nSPS) is 17.8. The molecule has 1 aliphatic rings. The maximum atomic E-state index is 5.42. The monoisotopic (exact) mass is 325 g/mol. The molecule has 0 unspecified atom stereocenters. The van der Waals surface area contributed by atoms with Gasteiger partial charge in [-0.15, -0.1) is 0 Å². The second kappa shape index (κ2) is 7.91. The molecule has 1 aromatic rings. The summed E-state index contributed by atoms with van der Waals surface area (Å²) in [5, 5.41) is 3.71. The molecule has 1 aliphatic carbocycles. The number of hydrogen-bond acceptors (Lipinski definition) is 2. The summed E-state index contributed by atoms with van der Waals surface area (Å²) < 4.78 is 6.54. The summed E-state index contributed by atoms with van der Waals surface area (Å²) in [5.41, 5.74) is 1.24. The molecule has 1 N–H and O–H groups in total. The van der Waals surface area contributed by atoms with Crippen molar-refractivity contribution in [3.63, 3.8) is 0 Å². The van der Waals surface area contributed by atoms with Gasteiger partial charge in [0.2, 0.25) is 0 Å². The topological polar surface area (TPSA) is 21.3 Å². The van der Waals surface area contributed by atoms with E-state index in [-0.39, 0.29) is 0 Å². The molecule has 0 radical (unpaired) electrons. The summed E-state index contributed by atoms with van der Waals surface area (Å²) in [6.07, 6.45) is 9.59. The molecule has 1 saturated carbocycles. The van der Waals surface area contributed by atoms with Crippen LogP contribution in [-0.2, 0) is 6.54 Å². The average Bonchev–Trinajstić information content (AvgIpc) is 2.37. The first-order valence-electron chi connectivity index (χ1n) is 7.35. The van der Waals surface area contributed by atoms with Gasteiger partial charge in [0, 0.05) is 22.6 Å². The van der Waals surface area contributed by atoms with E-state index in [2.05, 4.69) is 27.3 Å². The van der Waals surface area contributed by atoms with Gasteiger partial charge in [0.15, 0.2) is 0 Å². The highest BCUT2D eigenvalue weighted by molar-refractivity contribution is 9.10. The molecule has 0 saturated heterocycles. The number of hydrogen-bond donors (Lipinski definition) is 1. The van der Waals surface area contributed by atoms with Crippen LogP contribution < -0.4 is 10.1 Å². The number of methoxy groups -OCH3 is 1. The Morgan fingerprint density at radius 3 is 2.53 bits per heavy atom. The van der Waals surface area contributed by atoms with E-state index in [9.17, 15) is 0 Å². The third-order valence-corrected chi connectivity index (χ3v) is 4.42. The van der Waals surface area contributed by atoms with Crippen molar-refractivity contribution >= 4 is 15.9 Å². The van der Waals surface area contributed by atoms with Crippen LogP contribution in [-0.4, -0.2) is 13.2 Å². The minimum absolute atomic E-state index is 0.670. The predicted octanol–water partition coefficient (Wildman–Crippen LogP) is 4.66. The summed E-state index contributed by atoms with van der Waals surface area (Å²) in [4.78, 5) is 0. The van der Waals surface area contributed by atoms with E-state index in [1.807, 2.05) is 12.1 Å². The van der Waals surface area contributed by atoms with Crippen molar-refractivity contribution in [1.29, 1.82) is 0 Å². The third-order valence-electron chi connectivity index (χ3n) is 3.93. The average molecular weight is 326 g/mol. The quantitative estimate of drug-likeness (QED) is 0.869. The van der Waals surface area contributed by atoms with Crippen LogP contribution in [0.5, 0.6) is 5.75 Å². The van der Waals surface area contributed by atoms with Gasteiger partial charge in [-0.1, -0.05) is 48.0 Å². The van der Waals surface area contributed by atoms with Crippen molar-refractivity contribution in [3.05, 3.63) is 28.2 Å². The van der Waals surface area contributed by atoms with Crippen molar-refractivity contribution in [2.45, 2.75) is 57.5 Å². The van der Waals surface area contributed by atoms with Crippen molar-refractivity contribution < 1.29 is 4.74 Å². The van der Waals surface area contributed by atoms with E-state index >= 15 is 0 Å². The lowest BCUT2D eigenvalue weighted by Crippen LogP contribution is -2.29. The molecule has 0 aliphatic heterocycles. The smallest absolute Gasteiger partial charge is 0.123 e. The Bertz CT molecular complexity index is 386. The van der Waals surface area contributed by atoms with Gasteiger partial charge in [-0.3, -0.25) is 0 Å². The van der Waals surface area contributed by atoms with Crippen molar-refractivity contribution in [2.75, 3.05) is 7.11 Å². The number of nitrogens with one attached hydrogen (secondary N) is 1. The Kier molecular flexibility index (Phi) is 6.18. The van der Waals surface area contributed by atoms with Gasteiger partial charge in [0.25, 0.3) is 0 Å². The largest absolute Gasteiger partial charge is 0.496 e. The summed E-state index contributed by atoms with van der Waals surface area (Å²) in [5.74, 6) is 0.974. The first-order chi connectivity index (χ1) is 9.29. The highest BCUT2D eigenvalue weighted by atomic mass is 79.9.